The summed E-state index contributed by atoms with van der Waals surface area (Å²) in [6.45, 7) is 1.60. The minimum atomic E-state index is -4.47. The van der Waals surface area contributed by atoms with E-state index in [0.717, 1.165) is 12.1 Å². The van der Waals surface area contributed by atoms with Crippen molar-refractivity contribution in [2.45, 2.75) is 19.5 Å². The summed E-state index contributed by atoms with van der Waals surface area (Å²) in [4.78, 5) is 24.1. The number of hydrogen-bond donors (Lipinski definition) is 0. The summed E-state index contributed by atoms with van der Waals surface area (Å²) in [5.41, 5.74) is -0.883. The number of hydrogen-bond acceptors (Lipinski definition) is 5. The van der Waals surface area contributed by atoms with Gasteiger partial charge in [0.2, 0.25) is 11.6 Å². The number of nitrogens with zero attached hydrogens (tertiary/aromatic N) is 1. The molecular formula is C15H12F3NO4. The highest BCUT2D eigenvalue weighted by Gasteiger charge is 2.30. The van der Waals surface area contributed by atoms with E-state index in [1.807, 2.05) is 0 Å². The zero-order valence-electron chi connectivity index (χ0n) is 12.0. The Kier molecular flexibility index (Phi) is 5.05. The summed E-state index contributed by atoms with van der Waals surface area (Å²) in [5.74, 6) is -0.400. The van der Waals surface area contributed by atoms with Crippen molar-refractivity contribution in [3.05, 3.63) is 48.2 Å². The minimum Gasteiger partial charge on any atom is -0.435 e. The third-order valence-corrected chi connectivity index (χ3v) is 2.64. The third kappa shape index (κ3) is 4.60. The molecule has 1 heterocycles. The van der Waals surface area contributed by atoms with Crippen LogP contribution in [-0.2, 0) is 15.9 Å². The number of rotatable bonds is 5. The van der Waals surface area contributed by atoms with E-state index >= 15 is 0 Å². The Balaban J connectivity index is 2.12. The van der Waals surface area contributed by atoms with Gasteiger partial charge in [0.25, 0.3) is 0 Å². The fraction of sp³-hybridized carbons (Fsp3) is 0.200. The monoisotopic (exact) mass is 327 g/mol. The first-order chi connectivity index (χ1) is 10.9. The third-order valence-electron chi connectivity index (χ3n) is 2.64. The van der Waals surface area contributed by atoms with Crippen molar-refractivity contribution in [2.24, 2.45) is 0 Å². The highest BCUT2D eigenvalue weighted by molar-refractivity contribution is 5.68. The second-order valence-corrected chi connectivity index (χ2v) is 4.32. The highest BCUT2D eigenvalue weighted by atomic mass is 19.4. The quantitative estimate of drug-likeness (QED) is 0.610. The lowest BCUT2D eigenvalue weighted by Gasteiger charge is -2.10. The normalized spacial score (nSPS) is 11.0. The molecule has 0 unspecified atom stereocenters. The fourth-order valence-electron chi connectivity index (χ4n) is 1.47. The number of aromatic nitrogens is 1. The molecule has 0 bridgehead atoms. The molecule has 2 rings (SSSR count). The van der Waals surface area contributed by atoms with Crippen molar-refractivity contribution in [1.82, 2.24) is 4.98 Å². The maximum Gasteiger partial charge on any atom is 0.417 e. The van der Waals surface area contributed by atoms with Gasteiger partial charge in [-0.3, -0.25) is 9.78 Å². The molecule has 8 heteroatoms. The average Bonchev–Trinajstić information content (AvgIpc) is 2.53. The lowest BCUT2D eigenvalue weighted by atomic mass is 10.3. The SMILES string of the molecule is CCC(=O)OOc1ccccc1Oc1ccc(C(F)(F)F)cn1. The molecule has 0 amide bonds. The van der Waals surface area contributed by atoms with Crippen LogP contribution in [-0.4, -0.2) is 11.0 Å². The molecule has 0 atom stereocenters. The summed E-state index contributed by atoms with van der Waals surface area (Å²) in [7, 11) is 0. The molecule has 0 spiro atoms. The second-order valence-electron chi connectivity index (χ2n) is 4.32. The molecule has 0 aliphatic heterocycles. The summed E-state index contributed by atoms with van der Waals surface area (Å²) in [6, 6.07) is 8.13. The minimum absolute atomic E-state index is 0.0594. The number of ether oxygens (including phenoxy) is 1. The fourth-order valence-corrected chi connectivity index (χ4v) is 1.47. The summed E-state index contributed by atoms with van der Waals surface area (Å²) < 4.78 is 42.8. The summed E-state index contributed by atoms with van der Waals surface area (Å²) in [5, 5.41) is 0. The molecule has 0 N–H and O–H groups in total. The lowest BCUT2D eigenvalue weighted by Crippen LogP contribution is -2.07. The van der Waals surface area contributed by atoms with Crippen LogP contribution >= 0.6 is 0 Å². The van der Waals surface area contributed by atoms with Crippen LogP contribution in [0.15, 0.2) is 42.6 Å². The molecule has 5 nitrogen and oxygen atoms in total. The van der Waals surface area contributed by atoms with Crippen molar-refractivity contribution in [1.29, 1.82) is 0 Å². The van der Waals surface area contributed by atoms with Gasteiger partial charge in [0.1, 0.15) is 0 Å². The van der Waals surface area contributed by atoms with Crippen LogP contribution in [0, 0.1) is 0 Å². The van der Waals surface area contributed by atoms with Gasteiger partial charge in [0.05, 0.1) is 5.56 Å². The Hall–Kier alpha value is -2.77. The molecular weight excluding hydrogens is 315 g/mol. The molecule has 0 saturated heterocycles. The van der Waals surface area contributed by atoms with E-state index in [2.05, 4.69) is 9.87 Å². The molecule has 0 aliphatic rings. The van der Waals surface area contributed by atoms with Crippen molar-refractivity contribution in [2.75, 3.05) is 0 Å². The Morgan fingerprint density at radius 3 is 2.39 bits per heavy atom. The number of pyridine rings is 1. The van der Waals surface area contributed by atoms with Gasteiger partial charge in [-0.1, -0.05) is 19.1 Å². The maximum atomic E-state index is 12.5. The number of benzene rings is 1. The number of para-hydroxylation sites is 2. The van der Waals surface area contributed by atoms with Gasteiger partial charge in [-0.2, -0.15) is 13.2 Å². The Labute approximate surface area is 129 Å². The molecule has 23 heavy (non-hydrogen) atoms. The molecule has 1 aromatic carbocycles. The number of halogens is 3. The van der Waals surface area contributed by atoms with E-state index in [0.29, 0.717) is 6.20 Å². The van der Waals surface area contributed by atoms with Crippen LogP contribution in [0.3, 0.4) is 0 Å². The van der Waals surface area contributed by atoms with Gasteiger partial charge in [0.15, 0.2) is 5.75 Å². The summed E-state index contributed by atoms with van der Waals surface area (Å²) >= 11 is 0. The van der Waals surface area contributed by atoms with Crippen LogP contribution < -0.4 is 9.62 Å². The standard InChI is InChI=1S/C15H12F3NO4/c1-2-14(20)23-22-12-6-4-3-5-11(12)21-13-8-7-10(9-19-13)15(16,17)18/h3-9H,2H2,1H3. The highest BCUT2D eigenvalue weighted by Crippen LogP contribution is 2.33. The first-order valence-electron chi connectivity index (χ1n) is 6.57. The Bertz CT molecular complexity index is 671. The van der Waals surface area contributed by atoms with Crippen LogP contribution in [0.25, 0.3) is 0 Å². The summed E-state index contributed by atoms with van der Waals surface area (Å²) in [6.07, 6.45) is -3.68. The largest absolute Gasteiger partial charge is 0.435 e. The van der Waals surface area contributed by atoms with Gasteiger partial charge in [0, 0.05) is 18.7 Å². The smallest absolute Gasteiger partial charge is 0.417 e. The van der Waals surface area contributed by atoms with E-state index < -0.39 is 17.7 Å². The first kappa shape index (κ1) is 16.6. The molecule has 0 aliphatic carbocycles. The van der Waals surface area contributed by atoms with Crippen LogP contribution in [0.4, 0.5) is 13.2 Å². The predicted octanol–water partition coefficient (Wildman–Crippen LogP) is 4.14. The van der Waals surface area contributed by atoms with E-state index in [4.69, 9.17) is 9.62 Å². The molecule has 0 saturated carbocycles. The van der Waals surface area contributed by atoms with Crippen molar-refractivity contribution < 1.29 is 32.5 Å². The van der Waals surface area contributed by atoms with E-state index in [1.165, 1.54) is 12.1 Å². The molecule has 0 fully saturated rings. The average molecular weight is 327 g/mol. The van der Waals surface area contributed by atoms with E-state index in [-0.39, 0.29) is 23.8 Å². The van der Waals surface area contributed by atoms with E-state index in [1.54, 1.807) is 19.1 Å². The molecule has 1 aromatic heterocycles. The number of alkyl halides is 3. The Morgan fingerprint density at radius 2 is 1.83 bits per heavy atom. The number of carbonyl (C=O) groups excluding carboxylic acids is 1. The maximum absolute atomic E-state index is 12.5. The van der Waals surface area contributed by atoms with Gasteiger partial charge in [-0.15, -0.1) is 0 Å². The van der Waals surface area contributed by atoms with Crippen molar-refractivity contribution in [3.63, 3.8) is 0 Å². The van der Waals surface area contributed by atoms with Crippen LogP contribution in [0.2, 0.25) is 0 Å². The number of carbonyl (C=O) groups is 1. The zero-order valence-corrected chi connectivity index (χ0v) is 12.0. The predicted molar refractivity (Wildman–Crippen MR) is 72.8 cm³/mol. The van der Waals surface area contributed by atoms with Crippen LogP contribution in [0.5, 0.6) is 17.4 Å². The van der Waals surface area contributed by atoms with Gasteiger partial charge in [-0.05, 0) is 18.2 Å². The molecule has 122 valence electrons. The van der Waals surface area contributed by atoms with E-state index in [9.17, 15) is 18.0 Å². The molecule has 2 aromatic rings. The Morgan fingerprint density at radius 1 is 1.13 bits per heavy atom. The zero-order chi connectivity index (χ0) is 16.9. The second kappa shape index (κ2) is 6.99. The van der Waals surface area contributed by atoms with Crippen molar-refractivity contribution >= 4 is 5.97 Å². The topological polar surface area (TPSA) is 57.7 Å². The lowest BCUT2D eigenvalue weighted by molar-refractivity contribution is -0.213. The van der Waals surface area contributed by atoms with Gasteiger partial charge < -0.3 is 4.74 Å². The molecule has 0 radical (unpaired) electrons. The van der Waals surface area contributed by atoms with Gasteiger partial charge in [-0.25, -0.2) is 9.78 Å². The first-order valence-corrected chi connectivity index (χ1v) is 6.57. The van der Waals surface area contributed by atoms with Crippen molar-refractivity contribution in [3.8, 4) is 17.4 Å². The van der Waals surface area contributed by atoms with Crippen LogP contribution in [0.1, 0.15) is 18.9 Å². The van der Waals surface area contributed by atoms with Gasteiger partial charge >= 0.3 is 12.1 Å².